The number of halogens is 2. The minimum absolute atomic E-state index is 0.118. The second kappa shape index (κ2) is 10.6. The largest absolute Gasteiger partial charge is 0.379 e. The topological polar surface area (TPSA) is 45.7 Å². The Morgan fingerprint density at radius 3 is 2.81 bits per heavy atom. The summed E-state index contributed by atoms with van der Waals surface area (Å²) in [6.07, 6.45) is 4.17. The number of aromatic nitrogens is 1. The number of ether oxygens (including phenoxy) is 1. The van der Waals surface area contributed by atoms with E-state index in [2.05, 4.69) is 9.88 Å². The van der Waals surface area contributed by atoms with E-state index < -0.39 is 0 Å². The van der Waals surface area contributed by atoms with Crippen molar-refractivity contribution in [1.82, 2.24) is 9.88 Å². The Bertz CT molecular complexity index is 1080. The van der Waals surface area contributed by atoms with Crippen molar-refractivity contribution < 1.29 is 9.53 Å². The molecular formula is C23H23Cl2N3O2S. The van der Waals surface area contributed by atoms with Gasteiger partial charge >= 0.3 is 0 Å². The van der Waals surface area contributed by atoms with Crippen molar-refractivity contribution in [2.24, 2.45) is 0 Å². The fourth-order valence-electron chi connectivity index (χ4n) is 3.44. The Labute approximate surface area is 195 Å². The van der Waals surface area contributed by atoms with Gasteiger partial charge in [-0.25, -0.2) is 4.98 Å². The first-order valence-corrected chi connectivity index (χ1v) is 11.8. The fourth-order valence-corrected chi connectivity index (χ4v) is 4.91. The summed E-state index contributed by atoms with van der Waals surface area (Å²) >= 11 is 13.8. The lowest BCUT2D eigenvalue weighted by Gasteiger charge is -2.27. The molecule has 0 spiro atoms. The molecule has 0 bridgehead atoms. The molecule has 1 saturated heterocycles. The van der Waals surface area contributed by atoms with E-state index in [9.17, 15) is 4.79 Å². The van der Waals surface area contributed by atoms with Gasteiger partial charge < -0.3 is 4.74 Å². The molecule has 1 fully saturated rings. The molecule has 3 aromatic rings. The molecule has 5 nitrogen and oxygen atoms in total. The number of fused-ring (bicyclic) bond motifs is 1. The number of thiazole rings is 1. The van der Waals surface area contributed by atoms with E-state index in [4.69, 9.17) is 27.9 Å². The number of morpholine rings is 1. The molecule has 1 amide bonds. The molecule has 1 aliphatic rings. The van der Waals surface area contributed by atoms with E-state index in [1.54, 1.807) is 17.1 Å². The van der Waals surface area contributed by atoms with Crippen molar-refractivity contribution in [3.8, 4) is 0 Å². The highest BCUT2D eigenvalue weighted by Crippen LogP contribution is 2.31. The van der Waals surface area contributed by atoms with E-state index >= 15 is 0 Å². The average Bonchev–Trinajstić information content (AvgIpc) is 3.19. The third-order valence-corrected chi connectivity index (χ3v) is 6.73. The molecule has 0 saturated carbocycles. The molecular weight excluding hydrogens is 453 g/mol. The van der Waals surface area contributed by atoms with Crippen molar-refractivity contribution in [3.05, 3.63) is 64.1 Å². The number of hydrogen-bond acceptors (Lipinski definition) is 5. The molecule has 4 rings (SSSR count). The van der Waals surface area contributed by atoms with Crippen LogP contribution in [0, 0.1) is 0 Å². The van der Waals surface area contributed by atoms with Gasteiger partial charge in [-0.3, -0.25) is 14.6 Å². The summed E-state index contributed by atoms with van der Waals surface area (Å²) in [5.74, 6) is -0.118. The SMILES string of the molecule is O=C(/C=C/c1ccccc1Cl)N(CCCN1CCOCC1)c1nc2ccc(Cl)cc2s1. The number of anilines is 1. The summed E-state index contributed by atoms with van der Waals surface area (Å²) in [5.41, 5.74) is 1.65. The average molecular weight is 476 g/mol. The van der Waals surface area contributed by atoms with Gasteiger partial charge in [0.15, 0.2) is 5.13 Å². The maximum atomic E-state index is 13.2. The van der Waals surface area contributed by atoms with Gasteiger partial charge in [0.05, 0.1) is 23.4 Å². The quantitative estimate of drug-likeness (QED) is 0.430. The molecule has 31 heavy (non-hydrogen) atoms. The highest BCUT2D eigenvalue weighted by molar-refractivity contribution is 7.22. The van der Waals surface area contributed by atoms with Crippen LogP contribution in [0.4, 0.5) is 5.13 Å². The van der Waals surface area contributed by atoms with Crippen LogP contribution in [0.1, 0.15) is 12.0 Å². The second-order valence-electron chi connectivity index (χ2n) is 7.26. The third-order valence-electron chi connectivity index (χ3n) is 5.11. The van der Waals surface area contributed by atoms with E-state index in [1.807, 2.05) is 42.5 Å². The van der Waals surface area contributed by atoms with Crippen LogP contribution in [-0.2, 0) is 9.53 Å². The lowest BCUT2D eigenvalue weighted by molar-refractivity contribution is -0.114. The monoisotopic (exact) mass is 475 g/mol. The first-order chi connectivity index (χ1) is 15.1. The zero-order valence-corrected chi connectivity index (χ0v) is 19.3. The Morgan fingerprint density at radius 1 is 1.19 bits per heavy atom. The van der Waals surface area contributed by atoms with Crippen molar-refractivity contribution in [2.45, 2.75) is 6.42 Å². The van der Waals surface area contributed by atoms with Gasteiger partial charge in [-0.15, -0.1) is 0 Å². The molecule has 1 aromatic heterocycles. The van der Waals surface area contributed by atoms with Gasteiger partial charge in [-0.2, -0.15) is 0 Å². The highest BCUT2D eigenvalue weighted by atomic mass is 35.5. The lowest BCUT2D eigenvalue weighted by Crippen LogP contribution is -2.39. The molecule has 8 heteroatoms. The van der Waals surface area contributed by atoms with Crippen LogP contribution < -0.4 is 4.90 Å². The Morgan fingerprint density at radius 2 is 2.00 bits per heavy atom. The van der Waals surface area contributed by atoms with Crippen molar-refractivity contribution >= 4 is 61.9 Å². The number of carbonyl (C=O) groups is 1. The number of rotatable bonds is 7. The van der Waals surface area contributed by atoms with Crippen LogP contribution in [0.2, 0.25) is 10.0 Å². The number of benzene rings is 2. The molecule has 162 valence electrons. The van der Waals surface area contributed by atoms with Gasteiger partial charge in [0.2, 0.25) is 0 Å². The molecule has 0 unspecified atom stereocenters. The fraction of sp³-hybridized carbons (Fsp3) is 0.304. The Kier molecular flexibility index (Phi) is 7.58. The lowest BCUT2D eigenvalue weighted by atomic mass is 10.2. The first-order valence-electron chi connectivity index (χ1n) is 10.2. The summed E-state index contributed by atoms with van der Waals surface area (Å²) in [6.45, 7) is 4.89. The van der Waals surface area contributed by atoms with Crippen molar-refractivity contribution in [3.63, 3.8) is 0 Å². The number of carbonyl (C=O) groups excluding carboxylic acids is 1. The van der Waals surface area contributed by atoms with Gasteiger partial charge in [-0.1, -0.05) is 52.7 Å². The summed E-state index contributed by atoms with van der Waals surface area (Å²) < 4.78 is 6.38. The van der Waals surface area contributed by atoms with Crippen LogP contribution in [0.25, 0.3) is 16.3 Å². The van der Waals surface area contributed by atoms with Crippen LogP contribution >= 0.6 is 34.5 Å². The molecule has 0 N–H and O–H groups in total. The first kappa shape index (κ1) is 22.2. The van der Waals surface area contributed by atoms with Crippen molar-refractivity contribution in [2.75, 3.05) is 44.3 Å². The predicted octanol–water partition coefficient (Wildman–Crippen LogP) is 5.37. The predicted molar refractivity (Wildman–Crippen MR) is 129 cm³/mol. The smallest absolute Gasteiger partial charge is 0.252 e. The maximum Gasteiger partial charge on any atom is 0.252 e. The molecule has 2 aromatic carbocycles. The molecule has 2 heterocycles. The van der Waals surface area contributed by atoms with Gasteiger partial charge in [0.1, 0.15) is 0 Å². The van der Waals surface area contributed by atoms with E-state index in [1.165, 1.54) is 11.3 Å². The number of amides is 1. The molecule has 0 atom stereocenters. The van der Waals surface area contributed by atoms with E-state index in [0.29, 0.717) is 21.7 Å². The van der Waals surface area contributed by atoms with Crippen LogP contribution in [0.15, 0.2) is 48.5 Å². The van der Waals surface area contributed by atoms with Gasteiger partial charge in [0.25, 0.3) is 5.91 Å². The maximum absolute atomic E-state index is 13.2. The zero-order valence-electron chi connectivity index (χ0n) is 17.0. The summed E-state index contributed by atoms with van der Waals surface area (Å²) in [7, 11) is 0. The summed E-state index contributed by atoms with van der Waals surface area (Å²) in [4.78, 5) is 21.9. The number of hydrogen-bond donors (Lipinski definition) is 0. The third kappa shape index (κ3) is 5.84. The van der Waals surface area contributed by atoms with Crippen LogP contribution in [0.5, 0.6) is 0 Å². The zero-order chi connectivity index (χ0) is 21.6. The standard InChI is InChI=1S/C23H23Cl2N3O2S/c24-18-7-8-20-21(16-18)31-23(26-20)28(11-3-10-27-12-14-30-15-13-27)22(29)9-6-17-4-1-2-5-19(17)25/h1-2,4-9,16H,3,10-15H2/b9-6+. The molecule has 0 aliphatic carbocycles. The normalized spacial score (nSPS) is 15.0. The highest BCUT2D eigenvalue weighted by Gasteiger charge is 2.19. The van der Waals surface area contributed by atoms with Gasteiger partial charge in [0, 0.05) is 42.3 Å². The number of nitrogens with zero attached hydrogens (tertiary/aromatic N) is 3. The van der Waals surface area contributed by atoms with Gasteiger partial charge in [-0.05, 0) is 42.3 Å². The minimum Gasteiger partial charge on any atom is -0.379 e. The minimum atomic E-state index is -0.118. The van der Waals surface area contributed by atoms with E-state index in [0.717, 1.165) is 55.0 Å². The Hall–Kier alpha value is -1.96. The summed E-state index contributed by atoms with van der Waals surface area (Å²) in [6, 6.07) is 13.0. The molecule has 0 radical (unpaired) electrons. The molecule has 1 aliphatic heterocycles. The van der Waals surface area contributed by atoms with Crippen molar-refractivity contribution in [1.29, 1.82) is 0 Å². The van der Waals surface area contributed by atoms with E-state index in [-0.39, 0.29) is 5.91 Å². The van der Waals surface area contributed by atoms with Crippen LogP contribution in [0.3, 0.4) is 0 Å². The summed E-state index contributed by atoms with van der Waals surface area (Å²) in [5, 5.41) is 1.94. The van der Waals surface area contributed by atoms with Crippen LogP contribution in [-0.4, -0.2) is 55.2 Å². The Balaban J connectivity index is 1.53. The second-order valence-corrected chi connectivity index (χ2v) is 9.11.